The van der Waals surface area contributed by atoms with Gasteiger partial charge >= 0.3 is 0 Å². The number of hydrogen-bond donors (Lipinski definition) is 1. The third kappa shape index (κ3) is 3.79. The van der Waals surface area contributed by atoms with E-state index in [1.54, 1.807) is 24.5 Å². The maximum Gasteiger partial charge on any atom is 0.255 e. The van der Waals surface area contributed by atoms with Crippen molar-refractivity contribution in [3.8, 4) is 11.6 Å². The van der Waals surface area contributed by atoms with Gasteiger partial charge in [-0.25, -0.2) is 0 Å². The van der Waals surface area contributed by atoms with Crippen LogP contribution in [0.5, 0.6) is 0 Å². The van der Waals surface area contributed by atoms with Crippen LogP contribution in [0.3, 0.4) is 0 Å². The average Bonchev–Trinajstić information content (AvgIpc) is 3.35. The van der Waals surface area contributed by atoms with Gasteiger partial charge in [0, 0.05) is 11.3 Å². The second-order valence-corrected chi connectivity index (χ2v) is 6.15. The van der Waals surface area contributed by atoms with Crippen molar-refractivity contribution in [2.45, 2.75) is 13.3 Å². The highest BCUT2D eigenvalue weighted by Crippen LogP contribution is 2.22. The van der Waals surface area contributed by atoms with Crippen molar-refractivity contribution in [2.24, 2.45) is 0 Å². The zero-order valence-corrected chi connectivity index (χ0v) is 14.7. The van der Waals surface area contributed by atoms with Crippen molar-refractivity contribution in [3.63, 3.8) is 0 Å². The fourth-order valence-corrected chi connectivity index (χ4v) is 2.77. The van der Waals surface area contributed by atoms with Crippen LogP contribution in [-0.4, -0.2) is 16.0 Å². The summed E-state index contributed by atoms with van der Waals surface area (Å²) < 4.78 is 10.6. The summed E-state index contributed by atoms with van der Waals surface area (Å²) in [6.07, 6.45) is 1.96. The predicted octanol–water partition coefficient (Wildman–Crippen LogP) is 4.48. The van der Waals surface area contributed by atoms with Crippen LogP contribution in [0, 0.1) is 6.92 Å². The minimum Gasteiger partial charge on any atom is -0.461 e. The SMILES string of the molecule is Cc1cccc(C(=O)Nc2ccccc2Cc2nc(-c3ccco3)no2)c1. The Bertz CT molecular complexity index is 1070. The molecule has 0 bridgehead atoms. The molecule has 4 rings (SSSR count). The molecule has 4 aromatic rings. The zero-order chi connectivity index (χ0) is 18.6. The van der Waals surface area contributed by atoms with Gasteiger partial charge in [-0.1, -0.05) is 41.1 Å². The first-order valence-electron chi connectivity index (χ1n) is 8.51. The molecule has 1 amide bonds. The quantitative estimate of drug-likeness (QED) is 0.568. The van der Waals surface area contributed by atoms with E-state index in [9.17, 15) is 4.79 Å². The number of aryl methyl sites for hydroxylation is 1. The molecule has 0 saturated heterocycles. The molecule has 2 heterocycles. The van der Waals surface area contributed by atoms with Crippen LogP contribution >= 0.6 is 0 Å². The summed E-state index contributed by atoms with van der Waals surface area (Å²) in [6, 6.07) is 18.5. The molecule has 1 N–H and O–H groups in total. The van der Waals surface area contributed by atoms with Crippen LogP contribution in [0.1, 0.15) is 27.4 Å². The van der Waals surface area contributed by atoms with Crippen LogP contribution in [0.25, 0.3) is 11.6 Å². The number of carbonyl (C=O) groups excluding carboxylic acids is 1. The van der Waals surface area contributed by atoms with Crippen LogP contribution < -0.4 is 5.32 Å². The number of benzene rings is 2. The normalized spacial score (nSPS) is 10.7. The van der Waals surface area contributed by atoms with Crippen molar-refractivity contribution in [3.05, 3.63) is 89.5 Å². The van der Waals surface area contributed by atoms with Gasteiger partial charge in [0.25, 0.3) is 5.91 Å². The molecule has 2 aromatic heterocycles. The lowest BCUT2D eigenvalue weighted by Crippen LogP contribution is -2.13. The molecule has 6 heteroatoms. The fraction of sp³-hybridized carbons (Fsp3) is 0.0952. The lowest BCUT2D eigenvalue weighted by Gasteiger charge is -2.10. The summed E-state index contributed by atoms with van der Waals surface area (Å²) in [5, 5.41) is 6.90. The van der Waals surface area contributed by atoms with Gasteiger partial charge in [0.2, 0.25) is 11.7 Å². The third-order valence-corrected chi connectivity index (χ3v) is 4.10. The van der Waals surface area contributed by atoms with Gasteiger partial charge in [0.15, 0.2) is 5.76 Å². The van der Waals surface area contributed by atoms with E-state index in [1.165, 1.54) is 0 Å². The summed E-state index contributed by atoms with van der Waals surface area (Å²) in [6.45, 7) is 1.96. The Balaban J connectivity index is 1.54. The molecule has 27 heavy (non-hydrogen) atoms. The van der Waals surface area contributed by atoms with E-state index in [1.807, 2.05) is 49.4 Å². The minimum atomic E-state index is -0.159. The van der Waals surface area contributed by atoms with Crippen molar-refractivity contribution in [1.29, 1.82) is 0 Å². The lowest BCUT2D eigenvalue weighted by molar-refractivity contribution is 0.102. The van der Waals surface area contributed by atoms with Gasteiger partial charge < -0.3 is 14.3 Å². The molecule has 0 aliphatic heterocycles. The molecular weight excluding hydrogens is 342 g/mol. The van der Waals surface area contributed by atoms with E-state index in [0.717, 1.165) is 11.1 Å². The number of rotatable bonds is 5. The molecule has 0 aliphatic rings. The van der Waals surface area contributed by atoms with Crippen LogP contribution in [0.2, 0.25) is 0 Å². The van der Waals surface area contributed by atoms with E-state index < -0.39 is 0 Å². The zero-order valence-electron chi connectivity index (χ0n) is 14.7. The Morgan fingerprint density at radius 3 is 2.78 bits per heavy atom. The molecule has 0 unspecified atom stereocenters. The number of carbonyl (C=O) groups is 1. The number of aromatic nitrogens is 2. The van der Waals surface area contributed by atoms with Gasteiger partial charge in [-0.3, -0.25) is 4.79 Å². The number of nitrogens with one attached hydrogen (secondary N) is 1. The first-order chi connectivity index (χ1) is 13.2. The predicted molar refractivity (Wildman–Crippen MR) is 100 cm³/mol. The maximum atomic E-state index is 12.6. The summed E-state index contributed by atoms with van der Waals surface area (Å²) in [5.74, 6) is 1.23. The Morgan fingerprint density at radius 1 is 1.07 bits per heavy atom. The molecule has 0 aliphatic carbocycles. The van der Waals surface area contributed by atoms with E-state index in [2.05, 4.69) is 15.5 Å². The smallest absolute Gasteiger partial charge is 0.255 e. The molecular formula is C21H17N3O3. The van der Waals surface area contributed by atoms with Gasteiger partial charge in [-0.15, -0.1) is 0 Å². The summed E-state index contributed by atoms with van der Waals surface area (Å²) in [5.41, 5.74) is 3.24. The Labute approximate surface area is 155 Å². The highest BCUT2D eigenvalue weighted by atomic mass is 16.5. The van der Waals surface area contributed by atoms with Crippen LogP contribution in [-0.2, 0) is 6.42 Å². The van der Waals surface area contributed by atoms with Crippen molar-refractivity contribution in [1.82, 2.24) is 10.1 Å². The minimum absolute atomic E-state index is 0.159. The molecule has 2 aromatic carbocycles. The Kier molecular flexibility index (Phi) is 4.53. The molecule has 0 atom stereocenters. The largest absolute Gasteiger partial charge is 0.461 e. The number of para-hydroxylation sites is 1. The molecule has 0 spiro atoms. The Morgan fingerprint density at radius 2 is 1.96 bits per heavy atom. The van der Waals surface area contributed by atoms with E-state index in [4.69, 9.17) is 8.94 Å². The second kappa shape index (κ2) is 7.29. The highest BCUT2D eigenvalue weighted by molar-refractivity contribution is 6.04. The topological polar surface area (TPSA) is 81.2 Å². The number of furan rings is 1. The second-order valence-electron chi connectivity index (χ2n) is 6.15. The van der Waals surface area contributed by atoms with Gasteiger partial charge in [0.05, 0.1) is 12.7 Å². The first kappa shape index (κ1) is 16.8. The number of nitrogens with zero attached hydrogens (tertiary/aromatic N) is 2. The summed E-state index contributed by atoms with van der Waals surface area (Å²) >= 11 is 0. The van der Waals surface area contributed by atoms with Crippen molar-refractivity contribution in [2.75, 3.05) is 5.32 Å². The number of anilines is 1. The summed E-state index contributed by atoms with van der Waals surface area (Å²) in [4.78, 5) is 16.9. The van der Waals surface area contributed by atoms with E-state index >= 15 is 0 Å². The summed E-state index contributed by atoms with van der Waals surface area (Å²) in [7, 11) is 0. The molecule has 0 radical (unpaired) electrons. The van der Waals surface area contributed by atoms with E-state index in [0.29, 0.717) is 35.1 Å². The first-order valence-corrected chi connectivity index (χ1v) is 8.51. The molecule has 6 nitrogen and oxygen atoms in total. The molecule has 134 valence electrons. The van der Waals surface area contributed by atoms with Crippen molar-refractivity contribution < 1.29 is 13.7 Å². The molecule has 0 saturated carbocycles. The highest BCUT2D eigenvalue weighted by Gasteiger charge is 2.14. The van der Waals surface area contributed by atoms with E-state index in [-0.39, 0.29) is 5.91 Å². The number of amides is 1. The standard InChI is InChI=1S/C21H17N3O3/c1-14-6-4-8-16(12-14)21(25)22-17-9-3-2-7-15(17)13-19-23-20(24-27-19)18-10-5-11-26-18/h2-12H,13H2,1H3,(H,22,25). The third-order valence-electron chi connectivity index (χ3n) is 4.10. The lowest BCUT2D eigenvalue weighted by atomic mass is 10.1. The number of hydrogen-bond acceptors (Lipinski definition) is 5. The van der Waals surface area contributed by atoms with Gasteiger partial charge in [-0.05, 0) is 42.8 Å². The average molecular weight is 359 g/mol. The van der Waals surface area contributed by atoms with Crippen molar-refractivity contribution >= 4 is 11.6 Å². The monoisotopic (exact) mass is 359 g/mol. The maximum absolute atomic E-state index is 12.6. The molecule has 0 fully saturated rings. The Hall–Kier alpha value is -3.67. The fourth-order valence-electron chi connectivity index (χ4n) is 2.77. The van der Waals surface area contributed by atoms with Crippen LogP contribution in [0.15, 0.2) is 75.9 Å². The van der Waals surface area contributed by atoms with Gasteiger partial charge in [0.1, 0.15) is 0 Å². The van der Waals surface area contributed by atoms with Gasteiger partial charge in [-0.2, -0.15) is 4.98 Å². The van der Waals surface area contributed by atoms with Crippen LogP contribution in [0.4, 0.5) is 5.69 Å².